The van der Waals surface area contributed by atoms with Gasteiger partial charge < -0.3 is 15.1 Å². The first kappa shape index (κ1) is 18.0. The third-order valence-electron chi connectivity index (χ3n) is 5.71. The van der Waals surface area contributed by atoms with Crippen LogP contribution in [-0.2, 0) is 11.8 Å². The number of likely N-dealkylation sites (tertiary alicyclic amines) is 1. The Labute approximate surface area is 150 Å². The first-order valence-electron chi connectivity index (χ1n) is 9.38. The number of rotatable bonds is 5. The van der Waals surface area contributed by atoms with Crippen LogP contribution in [0.2, 0.25) is 0 Å². The second kappa shape index (κ2) is 8.03. The summed E-state index contributed by atoms with van der Waals surface area (Å²) in [6.07, 6.45) is 3.33. The number of benzene rings is 2. The molecule has 25 heavy (non-hydrogen) atoms. The summed E-state index contributed by atoms with van der Waals surface area (Å²) in [7, 11) is 0. The molecule has 3 nitrogen and oxygen atoms in total. The van der Waals surface area contributed by atoms with Gasteiger partial charge in [-0.3, -0.25) is 0 Å². The molecule has 2 atom stereocenters. The fourth-order valence-electron chi connectivity index (χ4n) is 4.14. The van der Waals surface area contributed by atoms with Crippen LogP contribution in [0.3, 0.4) is 0 Å². The molecule has 134 valence electrons. The average molecular weight is 339 g/mol. The van der Waals surface area contributed by atoms with Crippen molar-refractivity contribution < 1.29 is 10.2 Å². The topological polar surface area (TPSA) is 43.7 Å². The van der Waals surface area contributed by atoms with Crippen LogP contribution in [0.5, 0.6) is 5.75 Å². The first-order chi connectivity index (χ1) is 12.1. The van der Waals surface area contributed by atoms with Crippen LogP contribution in [0, 0.1) is 0 Å². The second-order valence-corrected chi connectivity index (χ2v) is 7.23. The highest BCUT2D eigenvalue weighted by Crippen LogP contribution is 2.38. The molecular weight excluding hydrogens is 310 g/mol. The maximum Gasteiger partial charge on any atom is 0.115 e. The van der Waals surface area contributed by atoms with Gasteiger partial charge in [-0.1, -0.05) is 49.4 Å². The molecule has 0 saturated carbocycles. The fraction of sp³-hybridized carbons (Fsp3) is 0.455. The van der Waals surface area contributed by atoms with Crippen molar-refractivity contribution in [1.29, 1.82) is 0 Å². The SMILES string of the molecule is CC[C@@]1(c2cccc(O)c2)CN(CCc2ccccc2)CCC[C@@H]1O. The number of phenolic OH excluding ortho intramolecular Hbond substituents is 1. The minimum absolute atomic E-state index is 0.276. The van der Waals surface area contributed by atoms with Crippen molar-refractivity contribution in [2.24, 2.45) is 0 Å². The summed E-state index contributed by atoms with van der Waals surface area (Å²) in [6, 6.07) is 18.0. The maximum atomic E-state index is 10.9. The van der Waals surface area contributed by atoms with E-state index in [1.54, 1.807) is 6.07 Å². The molecule has 0 aliphatic carbocycles. The molecule has 0 unspecified atom stereocenters. The van der Waals surface area contributed by atoms with Gasteiger partial charge in [0, 0.05) is 18.5 Å². The van der Waals surface area contributed by atoms with Gasteiger partial charge in [0.2, 0.25) is 0 Å². The molecule has 1 fully saturated rings. The molecule has 3 rings (SSSR count). The quantitative estimate of drug-likeness (QED) is 0.872. The molecule has 1 heterocycles. The van der Waals surface area contributed by atoms with Gasteiger partial charge >= 0.3 is 0 Å². The van der Waals surface area contributed by atoms with Crippen LogP contribution in [-0.4, -0.2) is 40.9 Å². The Morgan fingerprint density at radius 2 is 1.92 bits per heavy atom. The standard InChI is InChI=1S/C22H29NO2/c1-2-22(19-10-6-11-20(24)16-19)17-23(14-7-12-21(22)25)15-13-18-8-4-3-5-9-18/h3-6,8-11,16,21,24-25H,2,7,12-15,17H2,1H3/t21-,22-/m0/s1. The number of aliphatic hydroxyl groups is 1. The van der Waals surface area contributed by atoms with Crippen molar-refractivity contribution in [3.63, 3.8) is 0 Å². The lowest BCUT2D eigenvalue weighted by molar-refractivity contribution is 0.0618. The number of aliphatic hydroxyl groups excluding tert-OH is 1. The number of aromatic hydroxyl groups is 1. The van der Waals surface area contributed by atoms with Crippen molar-refractivity contribution in [2.75, 3.05) is 19.6 Å². The molecule has 0 aromatic heterocycles. The lowest BCUT2D eigenvalue weighted by Crippen LogP contribution is -2.47. The molecule has 0 radical (unpaired) electrons. The van der Waals surface area contributed by atoms with E-state index in [-0.39, 0.29) is 17.3 Å². The van der Waals surface area contributed by atoms with Crippen molar-refractivity contribution in [3.05, 3.63) is 65.7 Å². The zero-order valence-electron chi connectivity index (χ0n) is 15.1. The van der Waals surface area contributed by atoms with Crippen molar-refractivity contribution in [2.45, 2.75) is 44.1 Å². The fourth-order valence-corrected chi connectivity index (χ4v) is 4.14. The van der Waals surface area contributed by atoms with E-state index in [0.29, 0.717) is 0 Å². The number of nitrogens with zero attached hydrogens (tertiary/aromatic N) is 1. The van der Waals surface area contributed by atoms with Gasteiger partial charge in [-0.25, -0.2) is 0 Å². The van der Waals surface area contributed by atoms with Crippen LogP contribution in [0.15, 0.2) is 54.6 Å². The Morgan fingerprint density at radius 3 is 2.64 bits per heavy atom. The van der Waals surface area contributed by atoms with Crippen LogP contribution in [0.1, 0.15) is 37.3 Å². The van der Waals surface area contributed by atoms with Crippen LogP contribution < -0.4 is 0 Å². The van der Waals surface area contributed by atoms with Crippen LogP contribution in [0.4, 0.5) is 0 Å². The summed E-state index contributed by atoms with van der Waals surface area (Å²) in [5, 5.41) is 20.9. The van der Waals surface area contributed by atoms with Crippen molar-refractivity contribution >= 4 is 0 Å². The number of phenols is 1. The minimum Gasteiger partial charge on any atom is -0.508 e. The molecule has 3 heteroatoms. The Bertz CT molecular complexity index is 673. The van der Waals surface area contributed by atoms with Gasteiger partial charge in [-0.2, -0.15) is 0 Å². The van der Waals surface area contributed by atoms with E-state index < -0.39 is 0 Å². The van der Waals surface area contributed by atoms with Crippen LogP contribution >= 0.6 is 0 Å². The summed E-state index contributed by atoms with van der Waals surface area (Å²) in [5.74, 6) is 0.276. The summed E-state index contributed by atoms with van der Waals surface area (Å²) >= 11 is 0. The van der Waals surface area contributed by atoms with Gasteiger partial charge in [0.05, 0.1) is 6.10 Å². The number of hydrogen-bond donors (Lipinski definition) is 2. The Kier molecular flexibility index (Phi) is 5.77. The third kappa shape index (κ3) is 4.05. The summed E-state index contributed by atoms with van der Waals surface area (Å²) in [6.45, 7) is 5.00. The zero-order chi connectivity index (χ0) is 17.7. The van der Waals surface area contributed by atoms with Gasteiger partial charge in [-0.15, -0.1) is 0 Å². The predicted octanol–water partition coefficient (Wildman–Crippen LogP) is 3.74. The summed E-state index contributed by atoms with van der Waals surface area (Å²) in [4.78, 5) is 2.48. The van der Waals surface area contributed by atoms with E-state index in [9.17, 15) is 10.2 Å². The van der Waals surface area contributed by atoms with Crippen LogP contribution in [0.25, 0.3) is 0 Å². The Morgan fingerprint density at radius 1 is 1.12 bits per heavy atom. The number of hydrogen-bond acceptors (Lipinski definition) is 3. The molecule has 1 aliphatic heterocycles. The Hall–Kier alpha value is -1.84. The highest BCUT2D eigenvalue weighted by Gasteiger charge is 2.41. The Balaban J connectivity index is 1.81. The van der Waals surface area contributed by atoms with Gasteiger partial charge in [0.15, 0.2) is 0 Å². The molecule has 2 aromatic carbocycles. The predicted molar refractivity (Wildman–Crippen MR) is 102 cm³/mol. The van der Waals surface area contributed by atoms with Gasteiger partial charge in [0.25, 0.3) is 0 Å². The van der Waals surface area contributed by atoms with E-state index in [4.69, 9.17) is 0 Å². The minimum atomic E-state index is -0.374. The van der Waals surface area contributed by atoms with Crippen molar-refractivity contribution in [3.8, 4) is 5.75 Å². The molecule has 1 aliphatic rings. The highest BCUT2D eigenvalue weighted by atomic mass is 16.3. The zero-order valence-corrected chi connectivity index (χ0v) is 15.1. The average Bonchev–Trinajstić information content (AvgIpc) is 2.80. The van der Waals surface area contributed by atoms with Gasteiger partial charge in [-0.05, 0) is 55.5 Å². The lowest BCUT2D eigenvalue weighted by atomic mass is 9.72. The second-order valence-electron chi connectivity index (χ2n) is 7.23. The lowest BCUT2D eigenvalue weighted by Gasteiger charge is -2.39. The van der Waals surface area contributed by atoms with E-state index in [2.05, 4.69) is 42.2 Å². The first-order valence-corrected chi connectivity index (χ1v) is 9.38. The largest absolute Gasteiger partial charge is 0.508 e. The molecule has 2 N–H and O–H groups in total. The monoisotopic (exact) mass is 339 g/mol. The molecule has 0 bridgehead atoms. The van der Waals surface area contributed by atoms with E-state index >= 15 is 0 Å². The van der Waals surface area contributed by atoms with E-state index in [0.717, 1.165) is 50.9 Å². The van der Waals surface area contributed by atoms with E-state index in [1.807, 2.05) is 18.2 Å². The molecule has 2 aromatic rings. The molecule has 0 spiro atoms. The van der Waals surface area contributed by atoms with E-state index in [1.165, 1.54) is 5.56 Å². The molecular formula is C22H29NO2. The highest BCUT2D eigenvalue weighted by molar-refractivity contribution is 5.35. The summed E-state index contributed by atoms with van der Waals surface area (Å²) < 4.78 is 0. The van der Waals surface area contributed by atoms with Gasteiger partial charge in [0.1, 0.15) is 5.75 Å². The third-order valence-corrected chi connectivity index (χ3v) is 5.71. The summed E-state index contributed by atoms with van der Waals surface area (Å²) in [5.41, 5.74) is 2.09. The normalized spacial score (nSPS) is 24.8. The molecule has 0 amide bonds. The molecule has 1 saturated heterocycles. The smallest absolute Gasteiger partial charge is 0.115 e. The van der Waals surface area contributed by atoms with Crippen molar-refractivity contribution in [1.82, 2.24) is 4.90 Å². The maximum absolute atomic E-state index is 10.9.